The minimum atomic E-state index is 0.668. The van der Waals surface area contributed by atoms with Crippen LogP contribution < -0.4 is 5.32 Å². The van der Waals surface area contributed by atoms with Crippen LogP contribution in [0.2, 0.25) is 0 Å². The lowest BCUT2D eigenvalue weighted by Gasteiger charge is -2.40. The lowest BCUT2D eigenvalue weighted by atomic mass is 9.64. The van der Waals surface area contributed by atoms with Crippen molar-refractivity contribution >= 4 is 0 Å². The summed E-state index contributed by atoms with van der Waals surface area (Å²) in [6.45, 7) is 7.47. The van der Waals surface area contributed by atoms with Gasteiger partial charge in [0.05, 0.1) is 0 Å². The van der Waals surface area contributed by atoms with Crippen LogP contribution in [0.1, 0.15) is 46.0 Å². The average molecular weight is 181 g/mol. The van der Waals surface area contributed by atoms with E-state index >= 15 is 0 Å². The standard InChI is InChI=1S/C12H23N/c1-10-8-13-9-11(10)12(2)6-4-3-5-7-12/h10-11,13H,3-9H2,1-2H3. The van der Waals surface area contributed by atoms with Crippen LogP contribution in [0.3, 0.4) is 0 Å². The van der Waals surface area contributed by atoms with Crippen molar-refractivity contribution in [1.82, 2.24) is 5.32 Å². The molecule has 1 heterocycles. The molecule has 1 saturated carbocycles. The molecule has 1 aliphatic heterocycles. The van der Waals surface area contributed by atoms with Crippen molar-refractivity contribution in [3.8, 4) is 0 Å². The van der Waals surface area contributed by atoms with E-state index in [4.69, 9.17) is 0 Å². The molecule has 0 aromatic rings. The Hall–Kier alpha value is -0.0400. The zero-order valence-electron chi connectivity index (χ0n) is 9.10. The first kappa shape index (κ1) is 9.51. The zero-order chi connectivity index (χ0) is 9.31. The molecule has 2 unspecified atom stereocenters. The van der Waals surface area contributed by atoms with Gasteiger partial charge in [-0.1, -0.05) is 33.1 Å². The summed E-state index contributed by atoms with van der Waals surface area (Å²) in [4.78, 5) is 0. The van der Waals surface area contributed by atoms with Gasteiger partial charge in [0.1, 0.15) is 0 Å². The van der Waals surface area contributed by atoms with Gasteiger partial charge in [-0.15, -0.1) is 0 Å². The van der Waals surface area contributed by atoms with Crippen molar-refractivity contribution in [3.63, 3.8) is 0 Å². The maximum Gasteiger partial charge on any atom is -0.00122 e. The summed E-state index contributed by atoms with van der Waals surface area (Å²) in [6.07, 6.45) is 7.37. The minimum Gasteiger partial charge on any atom is -0.316 e. The van der Waals surface area contributed by atoms with E-state index in [1.807, 2.05) is 0 Å². The van der Waals surface area contributed by atoms with E-state index in [0.717, 1.165) is 11.8 Å². The van der Waals surface area contributed by atoms with Crippen molar-refractivity contribution in [1.29, 1.82) is 0 Å². The molecule has 0 bridgehead atoms. The highest BCUT2D eigenvalue weighted by atomic mass is 14.9. The van der Waals surface area contributed by atoms with E-state index in [0.29, 0.717) is 5.41 Å². The van der Waals surface area contributed by atoms with Crippen LogP contribution in [0.15, 0.2) is 0 Å². The minimum absolute atomic E-state index is 0.668. The van der Waals surface area contributed by atoms with Gasteiger partial charge in [0, 0.05) is 0 Å². The van der Waals surface area contributed by atoms with Crippen molar-refractivity contribution in [2.75, 3.05) is 13.1 Å². The lowest BCUT2D eigenvalue weighted by molar-refractivity contribution is 0.105. The normalized spacial score (nSPS) is 39.2. The maximum atomic E-state index is 3.54. The van der Waals surface area contributed by atoms with E-state index in [9.17, 15) is 0 Å². The molecule has 1 N–H and O–H groups in total. The first-order chi connectivity index (χ1) is 6.22. The highest BCUT2D eigenvalue weighted by molar-refractivity contribution is 4.92. The van der Waals surface area contributed by atoms with E-state index < -0.39 is 0 Å². The van der Waals surface area contributed by atoms with Gasteiger partial charge in [0.25, 0.3) is 0 Å². The second-order valence-corrected chi connectivity index (χ2v) is 5.46. The molecule has 2 rings (SSSR count). The fourth-order valence-electron chi connectivity index (χ4n) is 3.47. The van der Waals surface area contributed by atoms with Gasteiger partial charge in [-0.2, -0.15) is 0 Å². The van der Waals surface area contributed by atoms with Crippen molar-refractivity contribution in [2.45, 2.75) is 46.0 Å². The number of rotatable bonds is 1. The fourth-order valence-corrected chi connectivity index (χ4v) is 3.47. The highest BCUT2D eigenvalue weighted by Gasteiger charge is 2.40. The van der Waals surface area contributed by atoms with Crippen LogP contribution >= 0.6 is 0 Å². The first-order valence-electron chi connectivity index (χ1n) is 5.93. The number of hydrogen-bond acceptors (Lipinski definition) is 1. The number of nitrogens with one attached hydrogen (secondary N) is 1. The molecule has 1 aliphatic carbocycles. The Labute approximate surface area is 82.3 Å². The van der Waals surface area contributed by atoms with E-state index in [-0.39, 0.29) is 0 Å². The third-order valence-corrected chi connectivity index (χ3v) is 4.41. The Morgan fingerprint density at radius 2 is 1.77 bits per heavy atom. The number of hydrogen-bond donors (Lipinski definition) is 1. The maximum absolute atomic E-state index is 3.54. The molecule has 1 nitrogen and oxygen atoms in total. The quantitative estimate of drug-likeness (QED) is 0.656. The second-order valence-electron chi connectivity index (χ2n) is 5.46. The van der Waals surface area contributed by atoms with Crippen molar-refractivity contribution in [3.05, 3.63) is 0 Å². The van der Waals surface area contributed by atoms with Crippen LogP contribution in [-0.2, 0) is 0 Å². The van der Waals surface area contributed by atoms with Crippen LogP contribution in [-0.4, -0.2) is 13.1 Å². The van der Waals surface area contributed by atoms with Crippen molar-refractivity contribution in [2.24, 2.45) is 17.3 Å². The van der Waals surface area contributed by atoms with Crippen LogP contribution in [0.4, 0.5) is 0 Å². The summed E-state index contributed by atoms with van der Waals surface area (Å²) in [7, 11) is 0. The van der Waals surface area contributed by atoms with Gasteiger partial charge in [0.2, 0.25) is 0 Å². The van der Waals surface area contributed by atoms with Crippen molar-refractivity contribution < 1.29 is 0 Å². The Morgan fingerprint density at radius 3 is 2.31 bits per heavy atom. The van der Waals surface area contributed by atoms with Gasteiger partial charge < -0.3 is 5.32 Å². The second kappa shape index (κ2) is 3.61. The SMILES string of the molecule is CC1CNCC1C1(C)CCCCC1. The highest BCUT2D eigenvalue weighted by Crippen LogP contribution is 2.46. The Morgan fingerprint density at radius 1 is 1.08 bits per heavy atom. The van der Waals surface area contributed by atoms with Gasteiger partial charge in [0.15, 0.2) is 0 Å². The molecule has 2 atom stereocenters. The zero-order valence-corrected chi connectivity index (χ0v) is 9.10. The van der Waals surface area contributed by atoms with E-state index in [1.165, 1.54) is 45.2 Å². The molecule has 1 heteroatoms. The molecule has 2 aliphatic rings. The molecule has 76 valence electrons. The van der Waals surface area contributed by atoms with Gasteiger partial charge in [-0.25, -0.2) is 0 Å². The lowest BCUT2D eigenvalue weighted by Crippen LogP contribution is -2.34. The fraction of sp³-hybridized carbons (Fsp3) is 1.00. The third-order valence-electron chi connectivity index (χ3n) is 4.41. The molecular formula is C12H23N. The summed E-state index contributed by atoms with van der Waals surface area (Å²) in [5, 5.41) is 3.54. The predicted octanol–water partition coefficient (Wildman–Crippen LogP) is 2.81. The third kappa shape index (κ3) is 1.76. The smallest absolute Gasteiger partial charge is 0.00122 e. The van der Waals surface area contributed by atoms with E-state index in [1.54, 1.807) is 0 Å². The largest absolute Gasteiger partial charge is 0.316 e. The molecule has 0 aromatic heterocycles. The molecule has 2 fully saturated rings. The summed E-state index contributed by atoms with van der Waals surface area (Å²) >= 11 is 0. The Bertz CT molecular complexity index is 170. The average Bonchev–Trinajstić information content (AvgIpc) is 2.53. The molecule has 1 saturated heterocycles. The molecule has 13 heavy (non-hydrogen) atoms. The molecule has 0 spiro atoms. The topological polar surface area (TPSA) is 12.0 Å². The monoisotopic (exact) mass is 181 g/mol. The molecular weight excluding hydrogens is 158 g/mol. The van der Waals surface area contributed by atoms with Gasteiger partial charge >= 0.3 is 0 Å². The summed E-state index contributed by atoms with van der Waals surface area (Å²) in [5.74, 6) is 1.86. The summed E-state index contributed by atoms with van der Waals surface area (Å²) in [5.41, 5.74) is 0.668. The van der Waals surface area contributed by atoms with Crippen LogP contribution in [0.5, 0.6) is 0 Å². The molecule has 0 radical (unpaired) electrons. The summed E-state index contributed by atoms with van der Waals surface area (Å²) < 4.78 is 0. The predicted molar refractivity (Wildman–Crippen MR) is 56.7 cm³/mol. The van der Waals surface area contributed by atoms with Gasteiger partial charge in [-0.05, 0) is 43.2 Å². The van der Waals surface area contributed by atoms with Gasteiger partial charge in [-0.3, -0.25) is 0 Å². The Balaban J connectivity index is 2.03. The summed E-state index contributed by atoms with van der Waals surface area (Å²) in [6, 6.07) is 0. The molecule has 0 amide bonds. The van der Waals surface area contributed by atoms with Crippen LogP contribution in [0.25, 0.3) is 0 Å². The first-order valence-corrected chi connectivity index (χ1v) is 5.93. The Kier molecular flexibility index (Phi) is 2.64. The van der Waals surface area contributed by atoms with Crippen LogP contribution in [0, 0.1) is 17.3 Å². The van der Waals surface area contributed by atoms with E-state index in [2.05, 4.69) is 19.2 Å². The molecule has 0 aromatic carbocycles.